The van der Waals surface area contributed by atoms with Crippen LogP contribution >= 0.6 is 24.8 Å². The van der Waals surface area contributed by atoms with Crippen LogP contribution in [0.5, 0.6) is 0 Å². The fraction of sp³-hybridized carbons (Fsp3) is 0.625. The van der Waals surface area contributed by atoms with Gasteiger partial charge in [-0.2, -0.15) is 0 Å². The molecule has 0 aliphatic heterocycles. The Bertz CT molecular complexity index is 459. The van der Waals surface area contributed by atoms with Crippen LogP contribution < -0.4 is 3.80 Å². The summed E-state index contributed by atoms with van der Waals surface area (Å²) in [5.41, 5.74) is 1.56. The molecule has 0 spiro atoms. The van der Waals surface area contributed by atoms with E-state index in [0.29, 0.717) is 0 Å². The van der Waals surface area contributed by atoms with Gasteiger partial charge in [0, 0.05) is 0 Å². The fourth-order valence-electron chi connectivity index (χ4n) is 3.90. The van der Waals surface area contributed by atoms with Gasteiger partial charge in [0.1, 0.15) is 0 Å². The Hall–Kier alpha value is 0.474. The minimum atomic E-state index is -3.70. The monoisotopic (exact) mass is 358 g/mol. The van der Waals surface area contributed by atoms with Crippen molar-refractivity contribution in [3.05, 3.63) is 35.9 Å². The van der Waals surface area contributed by atoms with E-state index >= 15 is 0 Å². The molecule has 0 bridgehead atoms. The van der Waals surface area contributed by atoms with Gasteiger partial charge in [-0.15, -0.1) is 24.8 Å². The van der Waals surface area contributed by atoms with Crippen LogP contribution in [0.1, 0.15) is 26.3 Å². The predicted octanol–water partition coefficient (Wildman–Crippen LogP) is 6.33. The Labute approximate surface area is 134 Å². The molecule has 0 unspecified atom stereocenters. The molecule has 4 heteroatoms. The predicted molar refractivity (Wildman–Crippen MR) is 96.9 cm³/mol. The second-order valence-corrected chi connectivity index (χ2v) is 38.8. The van der Waals surface area contributed by atoms with E-state index in [4.69, 9.17) is 0 Å². The third-order valence-corrected chi connectivity index (χ3v) is 10.2. The summed E-state index contributed by atoms with van der Waals surface area (Å²) in [5, 5.41) is 12.5. The summed E-state index contributed by atoms with van der Waals surface area (Å²) in [6.07, 6.45) is 0. The van der Waals surface area contributed by atoms with Crippen LogP contribution in [-0.4, -0.2) is 5.54 Å². The summed E-state index contributed by atoms with van der Waals surface area (Å²) in [7, 11) is 0. The van der Waals surface area contributed by atoms with Crippen molar-refractivity contribution in [2.45, 2.75) is 57.2 Å². The van der Waals surface area contributed by atoms with Crippen LogP contribution in [0.4, 0.5) is 0 Å². The first-order chi connectivity index (χ1) is 7.50. The summed E-state index contributed by atoms with van der Waals surface area (Å²) < 4.78 is 5.19. The van der Waals surface area contributed by atoms with Crippen LogP contribution in [0, 0.1) is 0 Å². The summed E-state index contributed by atoms with van der Waals surface area (Å²) in [5.74, 6) is 0. The van der Waals surface area contributed by atoms with Crippen molar-refractivity contribution in [2.24, 2.45) is 0 Å². The Morgan fingerprint density at radius 2 is 1.25 bits per heavy atom. The average Bonchev–Trinajstić information content (AvgIpc) is 1.95. The van der Waals surface area contributed by atoms with Crippen molar-refractivity contribution in [2.75, 3.05) is 0 Å². The molecule has 0 fully saturated rings. The standard InChI is InChI=1S/C7H7.C4H10N.5CH3.2ClH.Ti/c1-7-5-3-2-4-6-7;1-4(2,3)5;;;;;;;;/h2-6H,1H2;5H,1-3H3;5*1H3;2*1H;/q;-1;;;;;;;;+1. The summed E-state index contributed by atoms with van der Waals surface area (Å²) >= 11 is -3.70. The molecule has 1 aromatic carbocycles. The molecule has 0 amide bonds. The minimum Gasteiger partial charge on any atom is -0.147 e. The zero-order valence-electron chi connectivity index (χ0n) is 14.4. The van der Waals surface area contributed by atoms with E-state index in [9.17, 15) is 0 Å². The van der Waals surface area contributed by atoms with Gasteiger partial charge in [0.15, 0.2) is 0 Å². The van der Waals surface area contributed by atoms with Gasteiger partial charge in [0.05, 0.1) is 0 Å². The van der Waals surface area contributed by atoms with Crippen LogP contribution in [-0.2, 0) is 17.7 Å². The average molecular weight is 359 g/mol. The molecule has 0 heterocycles. The zero-order chi connectivity index (χ0) is 14.4. The van der Waals surface area contributed by atoms with Crippen LogP contribution in [0.2, 0.25) is 26.1 Å². The molecule has 1 nitrogen and oxygen atoms in total. The van der Waals surface area contributed by atoms with E-state index in [0.717, 1.165) is 4.73 Å². The molecule has 1 rings (SSSR count). The number of nitrogens with one attached hydrogen (secondary N) is 1. The van der Waals surface area contributed by atoms with Gasteiger partial charge in [0.25, 0.3) is 0 Å². The van der Waals surface area contributed by atoms with Crippen molar-refractivity contribution in [1.29, 1.82) is 0 Å². The van der Waals surface area contributed by atoms with Crippen molar-refractivity contribution in [3.63, 3.8) is 0 Å². The number of benzene rings is 1. The second-order valence-electron chi connectivity index (χ2n) is 12.2. The van der Waals surface area contributed by atoms with E-state index in [1.165, 1.54) is 5.56 Å². The maximum atomic E-state index is 4.05. The summed E-state index contributed by atoms with van der Waals surface area (Å²) in [6, 6.07) is 10.9. The van der Waals surface area contributed by atoms with Gasteiger partial charge in [-0.1, -0.05) is 0 Å². The van der Waals surface area contributed by atoms with Gasteiger partial charge in [-0.05, 0) is 0 Å². The van der Waals surface area contributed by atoms with Crippen molar-refractivity contribution in [3.8, 4) is 0 Å². The SMILES string of the molecule is CC(C)(C)[NH][Ti]([CH3])([CH3])([CH3])([CH3])([CH3])[CH2]c1ccccc1.Cl.Cl. The first kappa shape index (κ1) is 22.8. The Balaban J connectivity index is 0. The minimum absolute atomic E-state index is 0. The Kier molecular flexibility index (Phi) is 5.38. The number of hydrogen-bond donors (Lipinski definition) is 1. The van der Waals surface area contributed by atoms with E-state index < -0.39 is 13.0 Å². The maximum Gasteiger partial charge on any atom is -0.147 e. The van der Waals surface area contributed by atoms with E-state index in [1.807, 2.05) is 0 Å². The fourth-order valence-corrected chi connectivity index (χ4v) is 14.6. The molecule has 0 saturated heterocycles. The number of hydrogen-bond acceptors (Lipinski definition) is 1. The van der Waals surface area contributed by atoms with E-state index in [-0.39, 0.29) is 30.4 Å². The van der Waals surface area contributed by atoms with Gasteiger partial charge < -0.3 is 0 Å². The zero-order valence-corrected chi connectivity index (χ0v) is 17.6. The molecule has 20 heavy (non-hydrogen) atoms. The first-order valence-corrected chi connectivity index (χ1v) is 16.8. The molecule has 0 atom stereocenters. The molecule has 0 radical (unpaired) electrons. The van der Waals surface area contributed by atoms with Crippen LogP contribution in [0.3, 0.4) is 0 Å². The maximum absolute atomic E-state index is 4.05. The quantitative estimate of drug-likeness (QED) is 0.622. The number of rotatable bonds is 3. The molecule has 0 aromatic heterocycles. The van der Waals surface area contributed by atoms with E-state index in [2.05, 4.69) is 81.0 Å². The molecule has 0 aliphatic carbocycles. The molecule has 1 N–H and O–H groups in total. The Morgan fingerprint density at radius 1 is 0.850 bits per heavy atom. The van der Waals surface area contributed by atoms with Crippen molar-refractivity contribution in [1.82, 2.24) is 3.80 Å². The van der Waals surface area contributed by atoms with Gasteiger partial charge in [-0.25, -0.2) is 0 Å². The molecular weight excluding hydrogens is 325 g/mol. The topological polar surface area (TPSA) is 12.0 Å². The van der Waals surface area contributed by atoms with Crippen LogP contribution in [0.25, 0.3) is 0 Å². The second kappa shape index (κ2) is 4.73. The van der Waals surface area contributed by atoms with Gasteiger partial charge in [-0.3, -0.25) is 0 Å². The van der Waals surface area contributed by atoms with Crippen molar-refractivity contribution < 1.29 is 13.0 Å². The summed E-state index contributed by atoms with van der Waals surface area (Å²) in [4.78, 5) is 0. The molecule has 121 valence electrons. The van der Waals surface area contributed by atoms with E-state index in [1.54, 1.807) is 0 Å². The summed E-state index contributed by atoms with van der Waals surface area (Å²) in [6.45, 7) is 6.81. The van der Waals surface area contributed by atoms with Crippen LogP contribution in [0.15, 0.2) is 30.3 Å². The Morgan fingerprint density at radius 3 is 1.60 bits per heavy atom. The van der Waals surface area contributed by atoms with Gasteiger partial charge >= 0.3 is 110 Å². The normalized spacial score (nSPS) is 17.5. The largest absolute Gasteiger partial charge is 0.147 e. The molecule has 0 saturated carbocycles. The molecule has 0 aliphatic rings. The smallest absolute Gasteiger partial charge is 0.147 e. The number of halogens is 2. The van der Waals surface area contributed by atoms with Crippen molar-refractivity contribution >= 4 is 24.8 Å². The van der Waals surface area contributed by atoms with Gasteiger partial charge in [0.2, 0.25) is 0 Å². The third-order valence-electron chi connectivity index (χ3n) is 3.11. The molecule has 1 aromatic rings. The molecular formula is C16H34Cl2NTi. The first-order valence-electron chi connectivity index (χ1n) is 7.12. The third kappa shape index (κ3) is 8.69.